The number of hydrogen-bond donors (Lipinski definition) is 3. The molecule has 0 unspecified atom stereocenters. The molecule has 0 bridgehead atoms. The molecule has 6 heteroatoms. The van der Waals surface area contributed by atoms with Crippen LogP contribution < -0.4 is 11.1 Å². The number of rotatable bonds is 4. The van der Waals surface area contributed by atoms with E-state index >= 15 is 0 Å². The maximum absolute atomic E-state index is 11.6. The number of hydrogen-bond acceptors (Lipinski definition) is 3. The van der Waals surface area contributed by atoms with Crippen LogP contribution in [-0.4, -0.2) is 22.5 Å². The smallest absolute Gasteiger partial charge is 0.251 e. The molecular weight excluding hydrogens is 339 g/mol. The zero-order chi connectivity index (χ0) is 12.1. The highest BCUT2D eigenvalue weighted by molar-refractivity contribution is 14.1. The second-order valence-corrected chi connectivity index (χ2v) is 4.82. The number of halogens is 1. The summed E-state index contributed by atoms with van der Waals surface area (Å²) in [6.07, 6.45) is 0.470. The predicted molar refractivity (Wildman–Crippen MR) is 74.6 cm³/mol. The van der Waals surface area contributed by atoms with E-state index in [4.69, 9.17) is 5.73 Å². The van der Waals surface area contributed by atoms with Crippen LogP contribution in [0.15, 0.2) is 18.2 Å². The third-order valence-corrected chi connectivity index (χ3v) is 2.98. The molecule has 0 saturated carbocycles. The van der Waals surface area contributed by atoms with E-state index in [0.29, 0.717) is 27.1 Å². The lowest BCUT2D eigenvalue weighted by Gasteiger charge is -2.05. The second-order valence-electron chi connectivity index (χ2n) is 3.14. The number of phenolic OH excluding ortho intramolecular Hbond substituents is 1. The quantitative estimate of drug-likeness (QED) is 0.567. The minimum Gasteiger partial charge on any atom is -0.507 e. The summed E-state index contributed by atoms with van der Waals surface area (Å²) in [5, 5.41) is 12.1. The van der Waals surface area contributed by atoms with Gasteiger partial charge in [0.25, 0.3) is 5.91 Å². The van der Waals surface area contributed by atoms with Crippen molar-refractivity contribution in [3.8, 4) is 5.75 Å². The van der Waals surface area contributed by atoms with Crippen molar-refractivity contribution in [2.24, 2.45) is 5.73 Å². The van der Waals surface area contributed by atoms with Crippen LogP contribution in [0.5, 0.6) is 5.75 Å². The van der Waals surface area contributed by atoms with E-state index in [1.807, 2.05) is 22.6 Å². The zero-order valence-electron chi connectivity index (χ0n) is 8.37. The van der Waals surface area contributed by atoms with Crippen molar-refractivity contribution in [3.63, 3.8) is 0 Å². The SMILES string of the molecule is NC(=S)CCNC(=O)c1ccc(I)c(O)c1. The van der Waals surface area contributed by atoms with Gasteiger partial charge < -0.3 is 16.2 Å². The highest BCUT2D eigenvalue weighted by Gasteiger charge is 2.07. The summed E-state index contributed by atoms with van der Waals surface area (Å²) in [5.74, 6) is -0.148. The van der Waals surface area contributed by atoms with E-state index in [2.05, 4.69) is 17.5 Å². The monoisotopic (exact) mass is 350 g/mol. The van der Waals surface area contributed by atoms with Crippen molar-refractivity contribution in [2.75, 3.05) is 6.54 Å². The first-order valence-electron chi connectivity index (χ1n) is 4.55. The van der Waals surface area contributed by atoms with Gasteiger partial charge >= 0.3 is 0 Å². The van der Waals surface area contributed by atoms with Gasteiger partial charge in [-0.1, -0.05) is 12.2 Å². The largest absolute Gasteiger partial charge is 0.507 e. The predicted octanol–water partition coefficient (Wildman–Crippen LogP) is 1.40. The van der Waals surface area contributed by atoms with Gasteiger partial charge in [0.1, 0.15) is 5.75 Å². The third-order valence-electron chi connectivity index (χ3n) is 1.87. The van der Waals surface area contributed by atoms with E-state index < -0.39 is 0 Å². The molecule has 0 aliphatic rings. The fraction of sp³-hybridized carbons (Fsp3) is 0.200. The maximum Gasteiger partial charge on any atom is 0.251 e. The molecule has 1 aromatic rings. The van der Waals surface area contributed by atoms with E-state index in [1.165, 1.54) is 6.07 Å². The lowest BCUT2D eigenvalue weighted by atomic mass is 10.2. The number of carbonyl (C=O) groups is 1. The fourth-order valence-corrected chi connectivity index (χ4v) is 1.49. The Balaban J connectivity index is 2.59. The molecule has 0 saturated heterocycles. The number of amides is 1. The van der Waals surface area contributed by atoms with Crippen LogP contribution in [-0.2, 0) is 0 Å². The van der Waals surface area contributed by atoms with Crippen molar-refractivity contribution in [1.82, 2.24) is 5.32 Å². The van der Waals surface area contributed by atoms with Crippen molar-refractivity contribution >= 4 is 45.7 Å². The number of nitrogens with one attached hydrogen (secondary N) is 1. The Bertz CT molecular complexity index is 423. The molecule has 0 atom stereocenters. The van der Waals surface area contributed by atoms with Gasteiger partial charge in [-0.2, -0.15) is 0 Å². The van der Waals surface area contributed by atoms with Gasteiger partial charge in [0, 0.05) is 18.5 Å². The molecule has 0 fully saturated rings. The average molecular weight is 350 g/mol. The molecule has 1 amide bonds. The van der Waals surface area contributed by atoms with Gasteiger partial charge in [0.2, 0.25) is 0 Å². The Morgan fingerprint density at radius 3 is 2.81 bits per heavy atom. The molecule has 4 N–H and O–H groups in total. The first-order valence-corrected chi connectivity index (χ1v) is 6.04. The molecule has 1 rings (SSSR count). The summed E-state index contributed by atoms with van der Waals surface area (Å²) >= 11 is 6.67. The van der Waals surface area contributed by atoms with Crippen LogP contribution in [0.4, 0.5) is 0 Å². The fourth-order valence-electron chi connectivity index (χ4n) is 1.06. The van der Waals surface area contributed by atoms with Crippen LogP contribution in [0, 0.1) is 3.57 Å². The minimum atomic E-state index is -0.247. The van der Waals surface area contributed by atoms with Gasteiger partial charge in [-0.25, -0.2) is 0 Å². The Morgan fingerprint density at radius 1 is 1.56 bits per heavy atom. The first-order chi connectivity index (χ1) is 7.50. The number of aromatic hydroxyl groups is 1. The molecule has 4 nitrogen and oxygen atoms in total. The van der Waals surface area contributed by atoms with Gasteiger partial charge in [0.05, 0.1) is 8.56 Å². The highest BCUT2D eigenvalue weighted by Crippen LogP contribution is 2.20. The molecular formula is C10H11IN2O2S. The molecule has 0 heterocycles. The van der Waals surface area contributed by atoms with Gasteiger partial charge in [-0.15, -0.1) is 0 Å². The standard InChI is InChI=1S/C10H11IN2O2S/c11-7-2-1-6(5-8(7)14)10(15)13-4-3-9(12)16/h1-2,5,14H,3-4H2,(H2,12,16)(H,13,15). The second kappa shape index (κ2) is 6.00. The minimum absolute atomic E-state index is 0.0996. The van der Waals surface area contributed by atoms with Crippen molar-refractivity contribution in [3.05, 3.63) is 27.3 Å². The molecule has 0 spiro atoms. The highest BCUT2D eigenvalue weighted by atomic mass is 127. The normalized spacial score (nSPS) is 9.81. The Hall–Kier alpha value is -0.890. The van der Waals surface area contributed by atoms with Gasteiger partial charge in [0.15, 0.2) is 0 Å². The molecule has 0 aliphatic carbocycles. The topological polar surface area (TPSA) is 75.3 Å². The van der Waals surface area contributed by atoms with E-state index in [-0.39, 0.29) is 11.7 Å². The Labute approximate surface area is 112 Å². The van der Waals surface area contributed by atoms with Crippen LogP contribution >= 0.6 is 34.8 Å². The molecule has 0 aliphatic heterocycles. The number of phenols is 1. The van der Waals surface area contributed by atoms with E-state index in [0.717, 1.165) is 0 Å². The molecule has 16 heavy (non-hydrogen) atoms. The lowest BCUT2D eigenvalue weighted by Crippen LogP contribution is -2.27. The molecule has 86 valence electrons. The molecule has 0 radical (unpaired) electrons. The number of carbonyl (C=O) groups excluding carboxylic acids is 1. The number of nitrogens with two attached hydrogens (primary N) is 1. The Morgan fingerprint density at radius 2 is 2.25 bits per heavy atom. The van der Waals surface area contributed by atoms with E-state index in [9.17, 15) is 9.90 Å². The van der Waals surface area contributed by atoms with Crippen LogP contribution in [0.25, 0.3) is 0 Å². The maximum atomic E-state index is 11.6. The summed E-state index contributed by atoms with van der Waals surface area (Å²) in [7, 11) is 0. The molecule has 0 aromatic heterocycles. The summed E-state index contributed by atoms with van der Waals surface area (Å²) in [6.45, 7) is 0.404. The van der Waals surface area contributed by atoms with Crippen LogP contribution in [0.1, 0.15) is 16.8 Å². The number of thiocarbonyl (C=S) groups is 1. The van der Waals surface area contributed by atoms with Crippen LogP contribution in [0.3, 0.4) is 0 Å². The summed E-state index contributed by atoms with van der Waals surface area (Å²) < 4.78 is 0.706. The van der Waals surface area contributed by atoms with Gasteiger partial charge in [-0.3, -0.25) is 4.79 Å². The van der Waals surface area contributed by atoms with Crippen molar-refractivity contribution < 1.29 is 9.90 Å². The summed E-state index contributed by atoms with van der Waals surface area (Å²) in [5.41, 5.74) is 5.72. The average Bonchev–Trinajstić information content (AvgIpc) is 2.21. The Kier molecular flexibility index (Phi) is 4.94. The third kappa shape index (κ3) is 3.93. The first kappa shape index (κ1) is 13.2. The summed E-state index contributed by atoms with van der Waals surface area (Å²) in [4.78, 5) is 11.9. The van der Waals surface area contributed by atoms with E-state index in [1.54, 1.807) is 12.1 Å². The zero-order valence-corrected chi connectivity index (χ0v) is 11.3. The van der Waals surface area contributed by atoms with Crippen LogP contribution in [0.2, 0.25) is 0 Å². The lowest BCUT2D eigenvalue weighted by molar-refractivity contribution is 0.0954. The van der Waals surface area contributed by atoms with Crippen molar-refractivity contribution in [2.45, 2.75) is 6.42 Å². The number of benzene rings is 1. The molecule has 1 aromatic carbocycles. The van der Waals surface area contributed by atoms with Gasteiger partial charge in [-0.05, 0) is 40.8 Å². The summed E-state index contributed by atoms with van der Waals surface area (Å²) in [6, 6.07) is 4.76. The van der Waals surface area contributed by atoms with Crippen molar-refractivity contribution in [1.29, 1.82) is 0 Å².